The highest BCUT2D eigenvalue weighted by molar-refractivity contribution is 5.99. The zero-order valence-corrected chi connectivity index (χ0v) is 23.4. The first-order valence-electron chi connectivity index (χ1n) is 14.2. The standard InChI is InChI=1S/C40H30N2/c1-4-9-31-24-32(15-14-27(31)2)28-16-18-29(19-17-28)33-21-23-36-35-22-20-30-10-5-6-11-34(30)37(35)26-42(40(36)25-33)39-13-8-7-12-38(39)41-3/h4-25H,1-3,26H2/b31-9-. The second-order valence-electron chi connectivity index (χ2n) is 10.7. The molecular formula is C40H30N2. The van der Waals surface area contributed by atoms with Crippen molar-refractivity contribution in [1.29, 1.82) is 0 Å². The zero-order chi connectivity index (χ0) is 28.6. The van der Waals surface area contributed by atoms with Crippen molar-refractivity contribution in [2.45, 2.75) is 6.54 Å². The number of rotatable bonds is 5. The maximum absolute atomic E-state index is 4.38. The van der Waals surface area contributed by atoms with Crippen LogP contribution in [0.2, 0.25) is 0 Å². The van der Waals surface area contributed by atoms with E-state index in [1.54, 1.807) is 6.08 Å². The lowest BCUT2D eigenvalue weighted by atomic mass is 9.87. The van der Waals surface area contributed by atoms with Crippen molar-refractivity contribution in [1.82, 2.24) is 0 Å². The van der Waals surface area contributed by atoms with Gasteiger partial charge in [-0.2, -0.15) is 0 Å². The molecule has 200 valence electrons. The molecule has 7 rings (SSSR count). The number of allylic oxidation sites excluding steroid dienone is 1. The van der Waals surface area contributed by atoms with Gasteiger partial charge in [-0.1, -0.05) is 122 Å². The Labute approximate surface area is 246 Å². The van der Waals surface area contributed by atoms with E-state index in [0.29, 0.717) is 0 Å². The van der Waals surface area contributed by atoms with Crippen molar-refractivity contribution >= 4 is 47.2 Å². The Balaban J connectivity index is 1.36. The molecule has 0 amide bonds. The van der Waals surface area contributed by atoms with Gasteiger partial charge in [0.05, 0.1) is 17.1 Å². The third kappa shape index (κ3) is 4.34. The lowest BCUT2D eigenvalue weighted by Gasteiger charge is -2.34. The molecule has 1 heterocycles. The Hall–Kier alpha value is -5.47. The fourth-order valence-corrected chi connectivity index (χ4v) is 6.12. The maximum Gasteiger partial charge on any atom is 0.0859 e. The fraction of sp³-hybridized carbons (Fsp3) is 0.0250. The minimum atomic E-state index is 0.755. The van der Waals surface area contributed by atoms with Crippen molar-refractivity contribution in [2.24, 2.45) is 4.99 Å². The lowest BCUT2D eigenvalue weighted by molar-refractivity contribution is 0.970. The Morgan fingerprint density at radius 1 is 0.643 bits per heavy atom. The van der Waals surface area contributed by atoms with Gasteiger partial charge in [0.15, 0.2) is 0 Å². The zero-order valence-electron chi connectivity index (χ0n) is 23.4. The highest BCUT2D eigenvalue weighted by Gasteiger charge is 2.26. The van der Waals surface area contributed by atoms with Crippen LogP contribution >= 0.6 is 0 Å². The van der Waals surface area contributed by atoms with Gasteiger partial charge in [-0.3, -0.25) is 4.99 Å². The predicted octanol–water partition coefficient (Wildman–Crippen LogP) is 9.20. The van der Waals surface area contributed by atoms with Crippen molar-refractivity contribution < 1.29 is 0 Å². The molecule has 1 aliphatic rings. The van der Waals surface area contributed by atoms with Gasteiger partial charge in [-0.25, -0.2) is 0 Å². The number of aliphatic imine (C=N–C) groups is 1. The molecule has 0 spiro atoms. The summed E-state index contributed by atoms with van der Waals surface area (Å²) in [5.41, 5.74) is 11.6. The van der Waals surface area contributed by atoms with Crippen LogP contribution in [0.15, 0.2) is 139 Å². The molecule has 2 nitrogen and oxygen atoms in total. The van der Waals surface area contributed by atoms with E-state index < -0.39 is 0 Å². The van der Waals surface area contributed by atoms with Crippen LogP contribution in [0.4, 0.5) is 17.1 Å². The van der Waals surface area contributed by atoms with Crippen LogP contribution in [0.5, 0.6) is 0 Å². The number of nitrogens with zero attached hydrogens (tertiary/aromatic N) is 2. The summed E-state index contributed by atoms with van der Waals surface area (Å²) in [6, 6.07) is 43.4. The van der Waals surface area contributed by atoms with E-state index in [1.165, 1.54) is 49.8 Å². The van der Waals surface area contributed by atoms with E-state index in [1.807, 2.05) is 18.2 Å². The van der Waals surface area contributed by atoms with E-state index in [4.69, 9.17) is 0 Å². The van der Waals surface area contributed by atoms with E-state index in [-0.39, 0.29) is 0 Å². The minimum absolute atomic E-state index is 0.755. The molecule has 42 heavy (non-hydrogen) atoms. The van der Waals surface area contributed by atoms with E-state index >= 15 is 0 Å². The maximum atomic E-state index is 4.38. The molecule has 0 saturated carbocycles. The van der Waals surface area contributed by atoms with Crippen LogP contribution in [0.3, 0.4) is 0 Å². The minimum Gasteiger partial charge on any atom is -0.335 e. The van der Waals surface area contributed by atoms with Gasteiger partial charge in [0.2, 0.25) is 0 Å². The molecule has 0 aliphatic carbocycles. The Kier molecular flexibility index (Phi) is 6.37. The average molecular weight is 539 g/mol. The van der Waals surface area contributed by atoms with Crippen molar-refractivity contribution in [2.75, 3.05) is 4.90 Å². The molecule has 6 aromatic rings. The van der Waals surface area contributed by atoms with Gasteiger partial charge in [0.25, 0.3) is 0 Å². The number of para-hydroxylation sites is 2. The first-order chi connectivity index (χ1) is 20.6. The molecule has 0 N–H and O–H groups in total. The molecule has 0 fully saturated rings. The molecule has 0 saturated heterocycles. The normalized spacial score (nSPS) is 12.6. The van der Waals surface area contributed by atoms with Gasteiger partial charge in [-0.15, -0.1) is 0 Å². The van der Waals surface area contributed by atoms with Crippen LogP contribution < -0.4 is 15.3 Å². The van der Waals surface area contributed by atoms with Crippen LogP contribution in [-0.4, -0.2) is 6.72 Å². The van der Waals surface area contributed by atoms with Crippen LogP contribution in [0.25, 0.3) is 56.8 Å². The smallest absolute Gasteiger partial charge is 0.0859 e. The molecular weight excluding hydrogens is 508 g/mol. The number of hydrogen-bond donors (Lipinski definition) is 0. The molecule has 0 bridgehead atoms. The number of hydrogen-bond acceptors (Lipinski definition) is 2. The first kappa shape index (κ1) is 25.5. The second kappa shape index (κ2) is 10.5. The molecule has 1 aliphatic heterocycles. The summed E-state index contributed by atoms with van der Waals surface area (Å²) in [6.07, 6.45) is 3.81. The third-order valence-electron chi connectivity index (χ3n) is 8.27. The fourth-order valence-electron chi connectivity index (χ4n) is 6.12. The Bertz CT molecular complexity index is 2120. The summed E-state index contributed by atoms with van der Waals surface area (Å²) in [7, 11) is 0. The number of anilines is 2. The highest BCUT2D eigenvalue weighted by atomic mass is 15.2. The molecule has 0 atom stereocenters. The second-order valence-corrected chi connectivity index (χ2v) is 10.7. The van der Waals surface area contributed by atoms with Crippen LogP contribution in [0.1, 0.15) is 5.56 Å². The lowest BCUT2D eigenvalue weighted by Crippen LogP contribution is -2.22. The summed E-state index contributed by atoms with van der Waals surface area (Å²) in [5, 5.41) is 4.63. The summed E-state index contributed by atoms with van der Waals surface area (Å²) in [4.78, 5) is 6.77. The van der Waals surface area contributed by atoms with Crippen molar-refractivity contribution in [3.8, 4) is 33.4 Å². The van der Waals surface area contributed by atoms with Gasteiger partial charge in [0, 0.05) is 12.1 Å². The number of fused-ring (bicyclic) bond motifs is 5. The predicted molar refractivity (Wildman–Crippen MR) is 181 cm³/mol. The SMILES string of the molecule is C=C/C=c1/cc(-c2ccc(-c3ccc4c(c3)N(c3ccccc3N=C)Cc3c-4ccc4ccccc34)cc2)ccc1=C. The quantitative estimate of drug-likeness (QED) is 0.200. The summed E-state index contributed by atoms with van der Waals surface area (Å²) in [5.74, 6) is 0. The van der Waals surface area contributed by atoms with Crippen molar-refractivity contribution in [3.63, 3.8) is 0 Å². The van der Waals surface area contributed by atoms with Crippen LogP contribution in [-0.2, 0) is 6.54 Å². The molecule has 2 heteroatoms. The molecule has 6 aromatic carbocycles. The van der Waals surface area contributed by atoms with Gasteiger partial charge in [0.1, 0.15) is 0 Å². The number of benzene rings is 6. The van der Waals surface area contributed by atoms with Gasteiger partial charge in [-0.05, 0) is 85.6 Å². The first-order valence-corrected chi connectivity index (χ1v) is 14.2. The molecule has 0 radical (unpaired) electrons. The topological polar surface area (TPSA) is 15.6 Å². The van der Waals surface area contributed by atoms with E-state index in [9.17, 15) is 0 Å². The summed E-state index contributed by atoms with van der Waals surface area (Å²) < 4.78 is 0. The Morgan fingerprint density at radius 2 is 1.31 bits per heavy atom. The van der Waals surface area contributed by atoms with E-state index in [2.05, 4.69) is 139 Å². The van der Waals surface area contributed by atoms with Crippen LogP contribution in [0, 0.1) is 0 Å². The third-order valence-corrected chi connectivity index (χ3v) is 8.27. The van der Waals surface area contributed by atoms with Gasteiger partial charge < -0.3 is 4.90 Å². The highest BCUT2D eigenvalue weighted by Crippen LogP contribution is 2.48. The van der Waals surface area contributed by atoms with E-state index in [0.717, 1.165) is 33.9 Å². The molecule has 0 unspecified atom stereocenters. The average Bonchev–Trinajstić information content (AvgIpc) is 3.05. The largest absolute Gasteiger partial charge is 0.335 e. The Morgan fingerprint density at radius 3 is 2.10 bits per heavy atom. The summed E-state index contributed by atoms with van der Waals surface area (Å²) >= 11 is 0. The molecule has 0 aromatic heterocycles. The van der Waals surface area contributed by atoms with Gasteiger partial charge >= 0.3 is 0 Å². The summed E-state index contributed by atoms with van der Waals surface area (Å²) in [6.45, 7) is 12.6. The van der Waals surface area contributed by atoms with Crippen molar-refractivity contribution in [3.05, 3.63) is 150 Å². The monoisotopic (exact) mass is 538 g/mol.